The molecular formula is C14H16N2O4. The van der Waals surface area contributed by atoms with E-state index in [-0.39, 0.29) is 6.54 Å². The SMILES string of the molecule is COc1ccccc1NC(=O)NCC(O)c1ccco1. The number of rotatable bonds is 5. The number of hydrogen-bond donors (Lipinski definition) is 3. The molecule has 106 valence electrons. The fourth-order valence-electron chi connectivity index (χ4n) is 1.69. The van der Waals surface area contributed by atoms with Crippen LogP contribution in [0.5, 0.6) is 5.75 Å². The Kier molecular flexibility index (Phi) is 4.62. The Balaban J connectivity index is 1.86. The van der Waals surface area contributed by atoms with Crippen molar-refractivity contribution in [3.05, 3.63) is 48.4 Å². The van der Waals surface area contributed by atoms with Gasteiger partial charge in [-0.25, -0.2) is 4.79 Å². The van der Waals surface area contributed by atoms with E-state index in [9.17, 15) is 9.90 Å². The molecule has 0 aliphatic carbocycles. The van der Waals surface area contributed by atoms with E-state index in [0.717, 1.165) is 0 Å². The number of para-hydroxylation sites is 2. The molecule has 2 rings (SSSR count). The molecule has 0 aliphatic rings. The van der Waals surface area contributed by atoms with Crippen LogP contribution in [-0.4, -0.2) is 24.8 Å². The van der Waals surface area contributed by atoms with Crippen LogP contribution in [0, 0.1) is 0 Å². The van der Waals surface area contributed by atoms with Gasteiger partial charge in [0.05, 0.1) is 25.6 Å². The quantitative estimate of drug-likeness (QED) is 0.781. The van der Waals surface area contributed by atoms with Gasteiger partial charge in [-0.1, -0.05) is 12.1 Å². The standard InChI is InChI=1S/C14H16N2O4/c1-19-12-6-3-2-5-10(12)16-14(18)15-9-11(17)13-7-4-8-20-13/h2-8,11,17H,9H2,1H3,(H2,15,16,18). The van der Waals surface area contributed by atoms with Crippen molar-refractivity contribution in [2.45, 2.75) is 6.10 Å². The summed E-state index contributed by atoms with van der Waals surface area (Å²) < 4.78 is 10.2. The molecule has 0 saturated heterocycles. The number of urea groups is 1. The first-order valence-corrected chi connectivity index (χ1v) is 6.10. The van der Waals surface area contributed by atoms with Gasteiger partial charge in [-0.2, -0.15) is 0 Å². The van der Waals surface area contributed by atoms with E-state index in [4.69, 9.17) is 9.15 Å². The molecule has 2 amide bonds. The lowest BCUT2D eigenvalue weighted by Crippen LogP contribution is -2.32. The smallest absolute Gasteiger partial charge is 0.319 e. The van der Waals surface area contributed by atoms with E-state index in [1.807, 2.05) is 6.07 Å². The van der Waals surface area contributed by atoms with Crippen LogP contribution in [0.1, 0.15) is 11.9 Å². The van der Waals surface area contributed by atoms with Crippen molar-refractivity contribution in [2.75, 3.05) is 19.0 Å². The van der Waals surface area contributed by atoms with Crippen LogP contribution >= 0.6 is 0 Å². The lowest BCUT2D eigenvalue weighted by atomic mass is 10.3. The molecule has 0 spiro atoms. The van der Waals surface area contributed by atoms with Crippen molar-refractivity contribution in [1.29, 1.82) is 0 Å². The Morgan fingerprint density at radius 3 is 2.85 bits per heavy atom. The Hall–Kier alpha value is -2.47. The summed E-state index contributed by atoms with van der Waals surface area (Å²) in [6.45, 7) is 0.0501. The minimum absolute atomic E-state index is 0.0501. The van der Waals surface area contributed by atoms with Crippen molar-refractivity contribution in [2.24, 2.45) is 0 Å². The van der Waals surface area contributed by atoms with Crippen molar-refractivity contribution >= 4 is 11.7 Å². The van der Waals surface area contributed by atoms with Crippen molar-refractivity contribution in [3.8, 4) is 5.75 Å². The summed E-state index contributed by atoms with van der Waals surface area (Å²) in [6, 6.07) is 9.95. The molecule has 0 aliphatic heterocycles. The third-order valence-corrected chi connectivity index (χ3v) is 2.68. The average molecular weight is 276 g/mol. The number of carbonyl (C=O) groups is 1. The maximum absolute atomic E-state index is 11.7. The summed E-state index contributed by atoms with van der Waals surface area (Å²) >= 11 is 0. The summed E-state index contributed by atoms with van der Waals surface area (Å²) in [5.41, 5.74) is 0.556. The van der Waals surface area contributed by atoms with E-state index in [0.29, 0.717) is 17.2 Å². The number of nitrogens with one attached hydrogen (secondary N) is 2. The molecule has 0 radical (unpaired) electrons. The third-order valence-electron chi connectivity index (χ3n) is 2.68. The summed E-state index contributed by atoms with van der Waals surface area (Å²) in [4.78, 5) is 11.7. The molecule has 0 fully saturated rings. The van der Waals surface area contributed by atoms with Gasteiger partial charge < -0.3 is 24.9 Å². The zero-order valence-corrected chi connectivity index (χ0v) is 11.0. The van der Waals surface area contributed by atoms with Gasteiger partial charge in [-0.3, -0.25) is 0 Å². The summed E-state index contributed by atoms with van der Waals surface area (Å²) in [5, 5.41) is 15.0. The highest BCUT2D eigenvalue weighted by Gasteiger charge is 2.12. The van der Waals surface area contributed by atoms with Crippen LogP contribution in [0.3, 0.4) is 0 Å². The van der Waals surface area contributed by atoms with Gasteiger partial charge >= 0.3 is 6.03 Å². The molecule has 1 atom stereocenters. The normalized spacial score (nSPS) is 11.7. The van der Waals surface area contributed by atoms with E-state index >= 15 is 0 Å². The van der Waals surface area contributed by atoms with Gasteiger partial charge in [-0.05, 0) is 24.3 Å². The van der Waals surface area contributed by atoms with Crippen LogP contribution in [0.15, 0.2) is 47.1 Å². The summed E-state index contributed by atoms with van der Waals surface area (Å²) in [7, 11) is 1.53. The number of furan rings is 1. The molecule has 6 nitrogen and oxygen atoms in total. The zero-order chi connectivity index (χ0) is 14.4. The van der Waals surface area contributed by atoms with Crippen LogP contribution < -0.4 is 15.4 Å². The number of amides is 2. The first-order valence-electron chi connectivity index (χ1n) is 6.10. The fourth-order valence-corrected chi connectivity index (χ4v) is 1.69. The Bertz CT molecular complexity index is 554. The van der Waals surface area contributed by atoms with E-state index in [1.54, 1.807) is 30.3 Å². The second-order valence-electron chi connectivity index (χ2n) is 4.07. The van der Waals surface area contributed by atoms with E-state index in [2.05, 4.69) is 10.6 Å². The Morgan fingerprint density at radius 2 is 2.15 bits per heavy atom. The maximum atomic E-state index is 11.7. The molecule has 20 heavy (non-hydrogen) atoms. The van der Waals surface area contributed by atoms with Gasteiger partial charge in [0.1, 0.15) is 17.6 Å². The molecule has 1 aromatic carbocycles. The number of hydrogen-bond acceptors (Lipinski definition) is 4. The van der Waals surface area contributed by atoms with Gasteiger partial charge in [0.25, 0.3) is 0 Å². The third kappa shape index (κ3) is 3.52. The van der Waals surface area contributed by atoms with Gasteiger partial charge in [0.2, 0.25) is 0 Å². The average Bonchev–Trinajstić information content (AvgIpc) is 2.99. The molecule has 3 N–H and O–H groups in total. The molecule has 1 unspecified atom stereocenters. The zero-order valence-electron chi connectivity index (χ0n) is 11.0. The van der Waals surface area contributed by atoms with Crippen LogP contribution in [0.25, 0.3) is 0 Å². The van der Waals surface area contributed by atoms with Crippen molar-refractivity contribution < 1.29 is 19.1 Å². The number of benzene rings is 1. The molecule has 1 aromatic heterocycles. The number of carbonyl (C=O) groups excluding carboxylic acids is 1. The number of methoxy groups -OCH3 is 1. The van der Waals surface area contributed by atoms with Gasteiger partial charge in [-0.15, -0.1) is 0 Å². The molecule has 6 heteroatoms. The number of aliphatic hydroxyl groups is 1. The van der Waals surface area contributed by atoms with Crippen LogP contribution in [0.2, 0.25) is 0 Å². The minimum atomic E-state index is -0.881. The first-order chi connectivity index (χ1) is 9.70. The van der Waals surface area contributed by atoms with Gasteiger partial charge in [0, 0.05) is 0 Å². The second kappa shape index (κ2) is 6.63. The topological polar surface area (TPSA) is 83.7 Å². The van der Waals surface area contributed by atoms with Crippen molar-refractivity contribution in [1.82, 2.24) is 5.32 Å². The predicted octanol–water partition coefficient (Wildman–Crippen LogP) is 2.14. The number of aliphatic hydroxyl groups excluding tert-OH is 1. The molecule has 0 saturated carbocycles. The van der Waals surface area contributed by atoms with Crippen LogP contribution in [0.4, 0.5) is 10.5 Å². The van der Waals surface area contributed by atoms with E-state index in [1.165, 1.54) is 13.4 Å². The first kappa shape index (κ1) is 14.0. The monoisotopic (exact) mass is 276 g/mol. The lowest BCUT2D eigenvalue weighted by Gasteiger charge is -2.12. The predicted molar refractivity (Wildman–Crippen MR) is 73.7 cm³/mol. The van der Waals surface area contributed by atoms with Gasteiger partial charge in [0.15, 0.2) is 0 Å². The molecular weight excluding hydrogens is 260 g/mol. The highest BCUT2D eigenvalue weighted by molar-refractivity contribution is 5.90. The van der Waals surface area contributed by atoms with Crippen molar-refractivity contribution in [3.63, 3.8) is 0 Å². The molecule has 1 heterocycles. The number of ether oxygens (including phenoxy) is 1. The van der Waals surface area contributed by atoms with Crippen LogP contribution in [-0.2, 0) is 0 Å². The van der Waals surface area contributed by atoms with E-state index < -0.39 is 12.1 Å². The summed E-state index contributed by atoms with van der Waals surface area (Å²) in [6.07, 6.45) is 0.585. The summed E-state index contributed by atoms with van der Waals surface area (Å²) in [5.74, 6) is 0.969. The molecule has 0 bridgehead atoms. The Morgan fingerprint density at radius 1 is 1.35 bits per heavy atom. The maximum Gasteiger partial charge on any atom is 0.319 e. The highest BCUT2D eigenvalue weighted by Crippen LogP contribution is 2.22. The minimum Gasteiger partial charge on any atom is -0.495 e. The molecule has 2 aromatic rings. The number of anilines is 1. The second-order valence-corrected chi connectivity index (χ2v) is 4.07. The highest BCUT2D eigenvalue weighted by atomic mass is 16.5. The Labute approximate surface area is 116 Å². The largest absolute Gasteiger partial charge is 0.495 e. The fraction of sp³-hybridized carbons (Fsp3) is 0.214. The lowest BCUT2D eigenvalue weighted by molar-refractivity contribution is 0.149.